The second-order valence-electron chi connectivity index (χ2n) is 6.38. The fourth-order valence-corrected chi connectivity index (χ4v) is 3.67. The van der Waals surface area contributed by atoms with Crippen LogP contribution in [0.3, 0.4) is 0 Å². The Kier molecular flexibility index (Phi) is 3.78. The lowest BCUT2D eigenvalue weighted by Crippen LogP contribution is -2.35. The molecule has 2 aliphatic rings. The SMILES string of the molecule is O=C(OCc1cccc2c1Cc1ccccc1-2)N1CCCCC1. The van der Waals surface area contributed by atoms with E-state index >= 15 is 0 Å². The van der Waals surface area contributed by atoms with Gasteiger partial charge in [-0.2, -0.15) is 0 Å². The minimum absolute atomic E-state index is 0.169. The lowest BCUT2D eigenvalue weighted by atomic mass is 10.0. The number of fused-ring (bicyclic) bond motifs is 3. The molecule has 0 unspecified atom stereocenters. The van der Waals surface area contributed by atoms with E-state index in [1.54, 1.807) is 0 Å². The highest BCUT2D eigenvalue weighted by Crippen LogP contribution is 2.38. The number of hydrogen-bond donors (Lipinski definition) is 0. The van der Waals surface area contributed by atoms with Crippen LogP contribution >= 0.6 is 0 Å². The van der Waals surface area contributed by atoms with Crippen LogP contribution in [0.1, 0.15) is 36.0 Å². The normalized spacial score (nSPS) is 15.9. The van der Waals surface area contributed by atoms with Gasteiger partial charge >= 0.3 is 6.09 Å². The van der Waals surface area contributed by atoms with Crippen molar-refractivity contribution in [3.05, 3.63) is 59.2 Å². The zero-order chi connectivity index (χ0) is 15.6. The predicted octanol–water partition coefficient (Wildman–Crippen LogP) is 4.38. The molecule has 4 rings (SSSR count). The fraction of sp³-hybridized carbons (Fsp3) is 0.350. The molecule has 2 aromatic carbocycles. The highest BCUT2D eigenvalue weighted by atomic mass is 16.6. The Morgan fingerprint density at radius 2 is 1.74 bits per heavy atom. The monoisotopic (exact) mass is 307 g/mol. The van der Waals surface area contributed by atoms with Crippen molar-refractivity contribution in [1.82, 2.24) is 4.90 Å². The average Bonchev–Trinajstić information content (AvgIpc) is 3.00. The summed E-state index contributed by atoms with van der Waals surface area (Å²) in [6.07, 6.45) is 4.16. The van der Waals surface area contributed by atoms with Gasteiger partial charge in [-0.1, -0.05) is 42.5 Å². The number of hydrogen-bond acceptors (Lipinski definition) is 2. The minimum Gasteiger partial charge on any atom is -0.445 e. The van der Waals surface area contributed by atoms with Crippen molar-refractivity contribution >= 4 is 6.09 Å². The molecule has 1 saturated heterocycles. The van der Waals surface area contributed by atoms with Crippen molar-refractivity contribution in [2.24, 2.45) is 0 Å². The molecule has 1 aliphatic heterocycles. The fourth-order valence-electron chi connectivity index (χ4n) is 3.67. The molecule has 0 N–H and O–H groups in total. The van der Waals surface area contributed by atoms with Gasteiger partial charge < -0.3 is 9.64 Å². The molecular weight excluding hydrogens is 286 g/mol. The van der Waals surface area contributed by atoms with Crippen LogP contribution in [0.15, 0.2) is 42.5 Å². The number of carbonyl (C=O) groups excluding carboxylic acids is 1. The summed E-state index contributed by atoms with van der Waals surface area (Å²) in [6, 6.07) is 14.8. The van der Waals surface area contributed by atoms with Crippen LogP contribution in [-0.4, -0.2) is 24.1 Å². The Morgan fingerprint density at radius 3 is 2.61 bits per heavy atom. The summed E-state index contributed by atoms with van der Waals surface area (Å²) in [6.45, 7) is 2.03. The molecule has 0 spiro atoms. The first-order valence-corrected chi connectivity index (χ1v) is 8.44. The molecule has 2 aromatic rings. The summed E-state index contributed by atoms with van der Waals surface area (Å²) < 4.78 is 5.58. The smallest absolute Gasteiger partial charge is 0.410 e. The molecule has 118 valence electrons. The lowest BCUT2D eigenvalue weighted by Gasteiger charge is -2.26. The van der Waals surface area contributed by atoms with Gasteiger partial charge in [0.1, 0.15) is 6.61 Å². The lowest BCUT2D eigenvalue weighted by molar-refractivity contribution is 0.0893. The Labute approximate surface area is 136 Å². The van der Waals surface area contributed by atoms with Crippen molar-refractivity contribution in [3.63, 3.8) is 0 Å². The molecule has 3 heteroatoms. The Morgan fingerprint density at radius 1 is 0.957 bits per heavy atom. The second-order valence-corrected chi connectivity index (χ2v) is 6.38. The summed E-state index contributed by atoms with van der Waals surface area (Å²) in [5, 5.41) is 0. The average molecular weight is 307 g/mol. The van der Waals surface area contributed by atoms with E-state index in [-0.39, 0.29) is 6.09 Å². The number of likely N-dealkylation sites (tertiary alicyclic amines) is 1. The van der Waals surface area contributed by atoms with Crippen LogP contribution in [0, 0.1) is 0 Å². The second kappa shape index (κ2) is 6.07. The number of ether oxygens (including phenoxy) is 1. The van der Waals surface area contributed by atoms with Crippen LogP contribution < -0.4 is 0 Å². The maximum absolute atomic E-state index is 12.2. The first-order chi connectivity index (χ1) is 11.3. The third kappa shape index (κ3) is 2.72. The minimum atomic E-state index is -0.169. The Balaban J connectivity index is 1.50. The number of carbonyl (C=O) groups is 1. The van der Waals surface area contributed by atoms with Crippen LogP contribution in [0.5, 0.6) is 0 Å². The summed E-state index contributed by atoms with van der Waals surface area (Å²) >= 11 is 0. The van der Waals surface area contributed by atoms with Gasteiger partial charge in [0, 0.05) is 13.1 Å². The molecule has 0 aromatic heterocycles. The molecule has 1 heterocycles. The van der Waals surface area contributed by atoms with Crippen molar-refractivity contribution in [2.45, 2.75) is 32.3 Å². The molecule has 1 aliphatic carbocycles. The highest BCUT2D eigenvalue weighted by Gasteiger charge is 2.22. The Bertz CT molecular complexity index is 732. The van der Waals surface area contributed by atoms with Gasteiger partial charge in [-0.3, -0.25) is 0 Å². The van der Waals surface area contributed by atoms with Gasteiger partial charge in [-0.25, -0.2) is 4.79 Å². The number of amides is 1. The standard InChI is InChI=1S/C20H21NO2/c22-20(21-11-4-1-5-12-21)23-14-16-8-6-10-18-17-9-3-2-7-15(17)13-19(16)18/h2-3,6-10H,1,4-5,11-14H2. The maximum atomic E-state index is 12.2. The summed E-state index contributed by atoms with van der Waals surface area (Å²) in [4.78, 5) is 14.0. The van der Waals surface area contributed by atoms with E-state index < -0.39 is 0 Å². The number of benzene rings is 2. The van der Waals surface area contributed by atoms with Gasteiger partial charge in [-0.05, 0) is 53.5 Å². The number of piperidine rings is 1. The van der Waals surface area contributed by atoms with Gasteiger partial charge in [0.15, 0.2) is 0 Å². The molecule has 0 saturated carbocycles. The van der Waals surface area contributed by atoms with E-state index in [4.69, 9.17) is 4.74 Å². The molecule has 0 atom stereocenters. The van der Waals surface area contributed by atoms with Crippen LogP contribution in [0.2, 0.25) is 0 Å². The zero-order valence-corrected chi connectivity index (χ0v) is 13.3. The Hall–Kier alpha value is -2.29. The van der Waals surface area contributed by atoms with Crippen LogP contribution in [0.25, 0.3) is 11.1 Å². The largest absolute Gasteiger partial charge is 0.445 e. The quantitative estimate of drug-likeness (QED) is 0.703. The van der Waals surface area contributed by atoms with E-state index in [0.717, 1.165) is 37.9 Å². The van der Waals surface area contributed by atoms with Crippen molar-refractivity contribution < 1.29 is 9.53 Å². The zero-order valence-electron chi connectivity index (χ0n) is 13.3. The molecule has 23 heavy (non-hydrogen) atoms. The van der Waals surface area contributed by atoms with Gasteiger partial charge in [0.2, 0.25) is 0 Å². The number of rotatable bonds is 2. The van der Waals surface area contributed by atoms with E-state index in [9.17, 15) is 4.79 Å². The van der Waals surface area contributed by atoms with E-state index in [0.29, 0.717) is 6.61 Å². The first kappa shape index (κ1) is 14.3. The topological polar surface area (TPSA) is 29.5 Å². The van der Waals surface area contributed by atoms with E-state index in [2.05, 4.69) is 42.5 Å². The van der Waals surface area contributed by atoms with Crippen molar-refractivity contribution in [3.8, 4) is 11.1 Å². The van der Waals surface area contributed by atoms with E-state index in [1.165, 1.54) is 28.7 Å². The molecule has 1 fully saturated rings. The van der Waals surface area contributed by atoms with Gasteiger partial charge in [0.05, 0.1) is 0 Å². The van der Waals surface area contributed by atoms with Gasteiger partial charge in [-0.15, -0.1) is 0 Å². The van der Waals surface area contributed by atoms with Gasteiger partial charge in [0.25, 0.3) is 0 Å². The molecule has 0 radical (unpaired) electrons. The van der Waals surface area contributed by atoms with Crippen molar-refractivity contribution in [2.75, 3.05) is 13.1 Å². The highest BCUT2D eigenvalue weighted by molar-refractivity contribution is 5.78. The molecule has 1 amide bonds. The van der Waals surface area contributed by atoms with Crippen molar-refractivity contribution in [1.29, 1.82) is 0 Å². The number of nitrogens with zero attached hydrogens (tertiary/aromatic N) is 1. The molecule has 3 nitrogen and oxygen atoms in total. The summed E-state index contributed by atoms with van der Waals surface area (Å²) in [5.74, 6) is 0. The van der Waals surface area contributed by atoms with Crippen LogP contribution in [-0.2, 0) is 17.8 Å². The first-order valence-electron chi connectivity index (χ1n) is 8.44. The summed E-state index contributed by atoms with van der Waals surface area (Å²) in [7, 11) is 0. The molecule has 0 bridgehead atoms. The summed E-state index contributed by atoms with van der Waals surface area (Å²) in [5.41, 5.74) is 6.39. The maximum Gasteiger partial charge on any atom is 0.410 e. The van der Waals surface area contributed by atoms with E-state index in [1.807, 2.05) is 4.90 Å². The third-order valence-electron chi connectivity index (χ3n) is 4.91. The third-order valence-corrected chi connectivity index (χ3v) is 4.91. The predicted molar refractivity (Wildman–Crippen MR) is 90.3 cm³/mol. The van der Waals surface area contributed by atoms with Crippen LogP contribution in [0.4, 0.5) is 4.79 Å². The molecular formula is C20H21NO2.